The largest absolute Gasteiger partial charge is 0.494 e. The Morgan fingerprint density at radius 3 is 2.63 bits per heavy atom. The number of nitro groups is 1. The molecule has 144 valence electrons. The van der Waals surface area contributed by atoms with E-state index in [1.165, 1.54) is 6.07 Å². The van der Waals surface area contributed by atoms with Gasteiger partial charge in [-0.3, -0.25) is 14.9 Å². The van der Waals surface area contributed by atoms with E-state index in [9.17, 15) is 14.9 Å². The molecular formula is C20H24N2O5. The van der Waals surface area contributed by atoms with Crippen LogP contribution in [-0.4, -0.2) is 23.5 Å². The topological polar surface area (TPSA) is 90.7 Å². The summed E-state index contributed by atoms with van der Waals surface area (Å²) in [7, 11) is 0. The monoisotopic (exact) mass is 372 g/mol. The molecule has 0 aliphatic heterocycles. The fraction of sp³-hybridized carbons (Fsp3) is 0.350. The van der Waals surface area contributed by atoms with Crippen LogP contribution in [-0.2, 0) is 11.3 Å². The first-order valence-corrected chi connectivity index (χ1v) is 8.76. The van der Waals surface area contributed by atoms with E-state index in [0.29, 0.717) is 35.8 Å². The van der Waals surface area contributed by atoms with Crippen molar-refractivity contribution in [2.24, 2.45) is 0 Å². The lowest BCUT2D eigenvalue weighted by atomic mass is 10.1. The van der Waals surface area contributed by atoms with Crippen LogP contribution in [0.15, 0.2) is 36.4 Å². The molecule has 1 N–H and O–H groups in total. The van der Waals surface area contributed by atoms with Crippen LogP contribution in [0.1, 0.15) is 42.3 Å². The molecule has 0 aliphatic carbocycles. The van der Waals surface area contributed by atoms with E-state index >= 15 is 0 Å². The molecule has 0 spiro atoms. The van der Waals surface area contributed by atoms with Crippen molar-refractivity contribution in [3.05, 3.63) is 63.2 Å². The Kier molecular flexibility index (Phi) is 6.90. The molecule has 0 heterocycles. The second-order valence-corrected chi connectivity index (χ2v) is 6.28. The number of carbonyl (C=O) groups is 1. The molecule has 0 saturated heterocycles. The molecule has 1 amide bonds. The maximum Gasteiger partial charge on any atom is 0.274 e. The Bertz CT molecular complexity index is 833. The molecule has 2 rings (SSSR count). The van der Waals surface area contributed by atoms with Crippen LogP contribution in [0, 0.1) is 17.0 Å². The quantitative estimate of drug-likeness (QED) is 0.545. The van der Waals surface area contributed by atoms with Gasteiger partial charge in [0.15, 0.2) is 0 Å². The van der Waals surface area contributed by atoms with Gasteiger partial charge in [-0.05, 0) is 52.0 Å². The number of anilines is 1. The highest BCUT2D eigenvalue weighted by molar-refractivity contribution is 6.05. The number of ether oxygens (including phenoxy) is 2. The summed E-state index contributed by atoms with van der Waals surface area (Å²) in [5.41, 5.74) is 1.97. The number of benzene rings is 2. The SMILES string of the molecule is CCOc1ccc(C(=O)Nc2cccc([N+](=O)[O-])c2C)cc1COC(C)C. The number of nitrogens with zero attached hydrogens (tertiary/aromatic N) is 1. The molecule has 2 aromatic carbocycles. The third kappa shape index (κ3) is 5.27. The number of hydrogen-bond acceptors (Lipinski definition) is 5. The van der Waals surface area contributed by atoms with Crippen LogP contribution < -0.4 is 10.1 Å². The van der Waals surface area contributed by atoms with Gasteiger partial charge in [-0.15, -0.1) is 0 Å². The summed E-state index contributed by atoms with van der Waals surface area (Å²) in [6, 6.07) is 9.70. The molecule has 0 aliphatic rings. The number of nitrogens with one attached hydrogen (secondary N) is 1. The van der Waals surface area contributed by atoms with Gasteiger partial charge >= 0.3 is 0 Å². The number of amides is 1. The molecule has 27 heavy (non-hydrogen) atoms. The summed E-state index contributed by atoms with van der Waals surface area (Å²) in [4.78, 5) is 23.2. The Labute approximate surface area is 158 Å². The van der Waals surface area contributed by atoms with Gasteiger partial charge in [0.25, 0.3) is 11.6 Å². The Morgan fingerprint density at radius 1 is 1.26 bits per heavy atom. The summed E-state index contributed by atoms with van der Waals surface area (Å²) >= 11 is 0. The van der Waals surface area contributed by atoms with Gasteiger partial charge in [0, 0.05) is 17.2 Å². The van der Waals surface area contributed by atoms with Gasteiger partial charge in [-0.1, -0.05) is 6.07 Å². The molecule has 0 radical (unpaired) electrons. The van der Waals surface area contributed by atoms with Crippen LogP contribution in [0.25, 0.3) is 0 Å². The molecule has 7 heteroatoms. The van der Waals surface area contributed by atoms with E-state index in [0.717, 1.165) is 5.56 Å². The van der Waals surface area contributed by atoms with Crippen molar-refractivity contribution < 1.29 is 19.2 Å². The molecule has 0 bridgehead atoms. The van der Waals surface area contributed by atoms with E-state index in [2.05, 4.69) is 5.32 Å². The van der Waals surface area contributed by atoms with E-state index in [4.69, 9.17) is 9.47 Å². The maximum absolute atomic E-state index is 12.6. The summed E-state index contributed by atoms with van der Waals surface area (Å²) in [6.45, 7) is 8.19. The normalized spacial score (nSPS) is 10.7. The molecule has 2 aromatic rings. The lowest BCUT2D eigenvalue weighted by Crippen LogP contribution is -2.14. The van der Waals surface area contributed by atoms with Gasteiger partial charge in [-0.2, -0.15) is 0 Å². The van der Waals surface area contributed by atoms with E-state index < -0.39 is 4.92 Å². The lowest BCUT2D eigenvalue weighted by Gasteiger charge is -2.14. The van der Waals surface area contributed by atoms with Crippen molar-refractivity contribution in [3.8, 4) is 5.75 Å². The highest BCUT2D eigenvalue weighted by Gasteiger charge is 2.16. The van der Waals surface area contributed by atoms with Gasteiger partial charge in [-0.25, -0.2) is 0 Å². The third-order valence-corrected chi connectivity index (χ3v) is 3.94. The van der Waals surface area contributed by atoms with E-state index in [1.807, 2.05) is 20.8 Å². The molecule has 7 nitrogen and oxygen atoms in total. The number of carbonyl (C=O) groups excluding carboxylic acids is 1. The van der Waals surface area contributed by atoms with Crippen LogP contribution in [0.2, 0.25) is 0 Å². The van der Waals surface area contributed by atoms with Crippen molar-refractivity contribution in [1.29, 1.82) is 0 Å². The van der Waals surface area contributed by atoms with Crippen LogP contribution >= 0.6 is 0 Å². The first-order valence-electron chi connectivity index (χ1n) is 8.76. The Hall–Kier alpha value is -2.93. The standard InChI is InChI=1S/C20H24N2O5/c1-5-26-19-10-9-15(11-16(19)12-27-13(2)3)20(23)21-17-7-6-8-18(14(17)4)22(24)25/h6-11,13H,5,12H2,1-4H3,(H,21,23). The maximum atomic E-state index is 12.6. The minimum absolute atomic E-state index is 0.0366. The van der Waals surface area contributed by atoms with E-state index in [1.54, 1.807) is 37.3 Å². The first-order chi connectivity index (χ1) is 12.8. The van der Waals surface area contributed by atoms with Gasteiger partial charge in [0.1, 0.15) is 5.75 Å². The minimum atomic E-state index is -0.469. The van der Waals surface area contributed by atoms with Crippen molar-refractivity contribution in [2.75, 3.05) is 11.9 Å². The average molecular weight is 372 g/mol. The summed E-state index contributed by atoms with van der Waals surface area (Å²) in [6.07, 6.45) is 0.0458. The second kappa shape index (κ2) is 9.14. The van der Waals surface area contributed by atoms with Crippen molar-refractivity contribution in [2.45, 2.75) is 40.4 Å². The smallest absolute Gasteiger partial charge is 0.274 e. The van der Waals surface area contributed by atoms with E-state index in [-0.39, 0.29) is 17.7 Å². The molecule has 0 atom stereocenters. The summed E-state index contributed by atoms with van der Waals surface area (Å²) in [5.74, 6) is 0.314. The average Bonchev–Trinajstić information content (AvgIpc) is 2.62. The summed E-state index contributed by atoms with van der Waals surface area (Å²) < 4.78 is 11.2. The first kappa shape index (κ1) is 20.4. The molecule has 0 aromatic heterocycles. The zero-order valence-corrected chi connectivity index (χ0v) is 15.9. The number of rotatable bonds is 8. The van der Waals surface area contributed by atoms with Gasteiger partial charge in [0.05, 0.1) is 35.5 Å². The zero-order valence-electron chi connectivity index (χ0n) is 15.9. The van der Waals surface area contributed by atoms with Crippen LogP contribution in [0.3, 0.4) is 0 Å². The molecule has 0 saturated carbocycles. The number of hydrogen-bond donors (Lipinski definition) is 1. The minimum Gasteiger partial charge on any atom is -0.494 e. The lowest BCUT2D eigenvalue weighted by molar-refractivity contribution is -0.385. The number of nitro benzene ring substituents is 1. The van der Waals surface area contributed by atoms with Crippen molar-refractivity contribution in [3.63, 3.8) is 0 Å². The summed E-state index contributed by atoms with van der Waals surface area (Å²) in [5, 5.41) is 13.8. The Morgan fingerprint density at radius 2 is 2.00 bits per heavy atom. The van der Waals surface area contributed by atoms with Crippen LogP contribution in [0.5, 0.6) is 5.75 Å². The highest BCUT2D eigenvalue weighted by Crippen LogP contribution is 2.26. The van der Waals surface area contributed by atoms with Crippen molar-refractivity contribution >= 4 is 17.3 Å². The predicted molar refractivity (Wildman–Crippen MR) is 103 cm³/mol. The third-order valence-electron chi connectivity index (χ3n) is 3.94. The highest BCUT2D eigenvalue weighted by atomic mass is 16.6. The molecule has 0 fully saturated rings. The molecular weight excluding hydrogens is 348 g/mol. The van der Waals surface area contributed by atoms with Crippen molar-refractivity contribution in [1.82, 2.24) is 0 Å². The predicted octanol–water partition coefficient (Wildman–Crippen LogP) is 4.48. The molecule has 0 unspecified atom stereocenters. The fourth-order valence-corrected chi connectivity index (χ4v) is 2.54. The van der Waals surface area contributed by atoms with Gasteiger partial charge < -0.3 is 14.8 Å². The Balaban J connectivity index is 2.27. The van der Waals surface area contributed by atoms with Gasteiger partial charge in [0.2, 0.25) is 0 Å². The fourth-order valence-electron chi connectivity index (χ4n) is 2.54. The van der Waals surface area contributed by atoms with Crippen LogP contribution in [0.4, 0.5) is 11.4 Å². The zero-order chi connectivity index (χ0) is 20.0. The second-order valence-electron chi connectivity index (χ2n) is 6.28.